The zero-order chi connectivity index (χ0) is 20.8. The second-order valence-electron chi connectivity index (χ2n) is 7.25. The maximum atomic E-state index is 11.2. The van der Waals surface area contributed by atoms with Gasteiger partial charge in [0.15, 0.2) is 3.79 Å². The first-order chi connectivity index (χ1) is 13.3. The number of carbonyl (C=O) groups is 1. The molecule has 0 atom stereocenters. The number of rotatable bonds is 16. The summed E-state index contributed by atoms with van der Waals surface area (Å²) in [5, 5.41) is 9.18. The maximum Gasteiger partial charge on any atom is 0.372 e. The average Bonchev–Trinajstić information content (AvgIpc) is 3.00. The number of hydrogen-bond donors (Lipinski definition) is 1. The van der Waals surface area contributed by atoms with Crippen molar-refractivity contribution in [1.82, 2.24) is 0 Å². The van der Waals surface area contributed by atoms with Gasteiger partial charge in [0.1, 0.15) is 0 Å². The van der Waals surface area contributed by atoms with Gasteiger partial charge < -0.3 is 14.3 Å². The van der Waals surface area contributed by atoms with Crippen LogP contribution in [-0.2, 0) is 6.42 Å². The van der Waals surface area contributed by atoms with Crippen LogP contribution in [0.25, 0.3) is 0 Å². The molecule has 0 aliphatic heterocycles. The molecule has 0 amide bonds. The lowest BCUT2D eigenvalue weighted by atomic mass is 10.1. The summed E-state index contributed by atoms with van der Waals surface area (Å²) in [6.45, 7) is 2.73. The van der Waals surface area contributed by atoms with Gasteiger partial charge in [-0.15, -0.1) is 0 Å². The molecule has 0 bridgehead atoms. The lowest BCUT2D eigenvalue weighted by Gasteiger charge is -2.08. The van der Waals surface area contributed by atoms with Crippen molar-refractivity contribution in [3.8, 4) is 5.95 Å². The smallest absolute Gasteiger partial charge is 0.372 e. The standard InChI is InChI=1S/C21H33Cl3O4/c1-2-3-4-5-6-7-8-9-10-11-12-13-14-27-18-15-17(16-21(22,23)24)19(28-18)20(25)26/h15H,2-14,16H2,1H3,(H,25,26). The Labute approximate surface area is 183 Å². The topological polar surface area (TPSA) is 59.7 Å². The Kier molecular flexibility index (Phi) is 13.1. The first-order valence-electron chi connectivity index (χ1n) is 10.4. The van der Waals surface area contributed by atoms with E-state index < -0.39 is 9.76 Å². The summed E-state index contributed by atoms with van der Waals surface area (Å²) in [7, 11) is 0. The molecule has 0 aromatic carbocycles. The molecule has 28 heavy (non-hydrogen) atoms. The Bertz CT molecular complexity index is 552. The highest BCUT2D eigenvalue weighted by Gasteiger charge is 2.27. The number of unbranched alkanes of at least 4 members (excludes halogenated alkanes) is 11. The van der Waals surface area contributed by atoms with E-state index in [2.05, 4.69) is 6.92 Å². The predicted octanol–water partition coefficient (Wildman–Crippen LogP) is 7.97. The van der Waals surface area contributed by atoms with Gasteiger partial charge in [-0.25, -0.2) is 4.79 Å². The minimum Gasteiger partial charge on any atom is -0.475 e. The normalized spacial score (nSPS) is 11.7. The molecule has 0 fully saturated rings. The van der Waals surface area contributed by atoms with Gasteiger partial charge in [-0.05, 0) is 6.42 Å². The molecule has 162 valence electrons. The van der Waals surface area contributed by atoms with Gasteiger partial charge in [0, 0.05) is 18.1 Å². The quantitative estimate of drug-likeness (QED) is 0.203. The number of alkyl halides is 3. The van der Waals surface area contributed by atoms with Gasteiger partial charge >= 0.3 is 5.97 Å². The SMILES string of the molecule is CCCCCCCCCCCCCCOc1cc(CC(Cl)(Cl)Cl)c(C(=O)O)o1. The van der Waals surface area contributed by atoms with Gasteiger partial charge in [-0.1, -0.05) is 112 Å². The lowest BCUT2D eigenvalue weighted by Crippen LogP contribution is -2.09. The molecular weight excluding hydrogens is 423 g/mol. The summed E-state index contributed by atoms with van der Waals surface area (Å²) < 4.78 is 9.17. The average molecular weight is 456 g/mol. The molecule has 0 radical (unpaired) electrons. The van der Waals surface area contributed by atoms with Crippen molar-refractivity contribution in [2.45, 2.75) is 94.2 Å². The van der Waals surface area contributed by atoms with Crippen LogP contribution in [0.1, 0.15) is 100 Å². The fraction of sp³-hybridized carbons (Fsp3) is 0.762. The van der Waals surface area contributed by atoms with Crippen LogP contribution in [0.15, 0.2) is 10.5 Å². The molecular formula is C21H33Cl3O4. The Morgan fingerprint density at radius 2 is 1.46 bits per heavy atom. The molecule has 0 unspecified atom stereocenters. The minimum absolute atomic E-state index is 0.0508. The summed E-state index contributed by atoms with van der Waals surface area (Å²) in [4.78, 5) is 11.2. The third-order valence-electron chi connectivity index (χ3n) is 4.61. The largest absolute Gasteiger partial charge is 0.475 e. The zero-order valence-corrected chi connectivity index (χ0v) is 19.1. The second-order valence-corrected chi connectivity index (χ2v) is 9.77. The van der Waals surface area contributed by atoms with Crippen LogP contribution in [0.3, 0.4) is 0 Å². The minimum atomic E-state index is -1.58. The molecule has 0 spiro atoms. The van der Waals surface area contributed by atoms with Crippen LogP contribution < -0.4 is 4.74 Å². The monoisotopic (exact) mass is 454 g/mol. The van der Waals surface area contributed by atoms with Crippen LogP contribution >= 0.6 is 34.8 Å². The number of hydrogen-bond acceptors (Lipinski definition) is 3. The number of ether oxygens (including phenoxy) is 1. The van der Waals surface area contributed by atoms with Gasteiger partial charge in [0.05, 0.1) is 6.61 Å². The number of aromatic carboxylic acids is 1. The molecule has 0 saturated heterocycles. The molecule has 0 aliphatic carbocycles. The van der Waals surface area contributed by atoms with E-state index >= 15 is 0 Å². The fourth-order valence-electron chi connectivity index (χ4n) is 3.12. The molecule has 1 N–H and O–H groups in total. The summed E-state index contributed by atoms with van der Waals surface area (Å²) in [6.07, 6.45) is 15.2. The van der Waals surface area contributed by atoms with Gasteiger partial charge in [-0.3, -0.25) is 0 Å². The summed E-state index contributed by atoms with van der Waals surface area (Å²) in [5.41, 5.74) is 0.317. The van der Waals surface area contributed by atoms with Gasteiger partial charge in [-0.2, -0.15) is 0 Å². The van der Waals surface area contributed by atoms with Crippen molar-refractivity contribution >= 4 is 40.8 Å². The van der Waals surface area contributed by atoms with E-state index in [-0.39, 0.29) is 18.1 Å². The first-order valence-corrected chi connectivity index (χ1v) is 11.5. The molecule has 1 rings (SSSR count). The molecule has 1 aromatic heterocycles. The Balaban J connectivity index is 2.12. The highest BCUT2D eigenvalue weighted by molar-refractivity contribution is 6.67. The van der Waals surface area contributed by atoms with E-state index in [1.54, 1.807) is 0 Å². The third-order valence-corrected chi connectivity index (χ3v) is 5.01. The van der Waals surface area contributed by atoms with E-state index in [1.165, 1.54) is 70.3 Å². The highest BCUT2D eigenvalue weighted by Crippen LogP contribution is 2.34. The zero-order valence-electron chi connectivity index (χ0n) is 16.8. The summed E-state index contributed by atoms with van der Waals surface area (Å²) in [5.74, 6) is -1.29. The molecule has 0 saturated carbocycles. The summed E-state index contributed by atoms with van der Waals surface area (Å²) >= 11 is 17.2. The maximum absolute atomic E-state index is 11.2. The number of carboxylic acids is 1. The molecule has 0 aliphatic rings. The molecule has 1 aromatic rings. The highest BCUT2D eigenvalue weighted by atomic mass is 35.6. The Hall–Kier alpha value is -0.580. The van der Waals surface area contributed by atoms with Crippen molar-refractivity contribution in [3.63, 3.8) is 0 Å². The van der Waals surface area contributed by atoms with Crippen molar-refractivity contribution < 1.29 is 19.1 Å². The van der Waals surface area contributed by atoms with E-state index in [0.29, 0.717) is 12.2 Å². The van der Waals surface area contributed by atoms with Crippen LogP contribution in [0.2, 0.25) is 0 Å². The Morgan fingerprint density at radius 1 is 0.964 bits per heavy atom. The predicted molar refractivity (Wildman–Crippen MR) is 116 cm³/mol. The van der Waals surface area contributed by atoms with Gasteiger partial charge in [0.2, 0.25) is 5.76 Å². The first kappa shape index (κ1) is 25.5. The Morgan fingerprint density at radius 3 is 1.93 bits per heavy atom. The van der Waals surface area contributed by atoms with Crippen molar-refractivity contribution in [2.24, 2.45) is 0 Å². The lowest BCUT2D eigenvalue weighted by molar-refractivity contribution is 0.0651. The molecule has 4 nitrogen and oxygen atoms in total. The van der Waals surface area contributed by atoms with Crippen molar-refractivity contribution in [2.75, 3.05) is 6.61 Å². The van der Waals surface area contributed by atoms with Crippen molar-refractivity contribution in [3.05, 3.63) is 17.4 Å². The molecule has 7 heteroatoms. The number of halogens is 3. The van der Waals surface area contributed by atoms with E-state index in [0.717, 1.165) is 12.8 Å². The van der Waals surface area contributed by atoms with Crippen molar-refractivity contribution in [1.29, 1.82) is 0 Å². The van der Waals surface area contributed by atoms with E-state index in [1.807, 2.05) is 0 Å². The van der Waals surface area contributed by atoms with E-state index in [9.17, 15) is 9.90 Å². The van der Waals surface area contributed by atoms with Crippen LogP contribution in [0.5, 0.6) is 5.95 Å². The number of furan rings is 1. The van der Waals surface area contributed by atoms with Crippen LogP contribution in [0, 0.1) is 0 Å². The van der Waals surface area contributed by atoms with Crippen LogP contribution in [0.4, 0.5) is 0 Å². The third kappa shape index (κ3) is 12.1. The second kappa shape index (κ2) is 14.4. The van der Waals surface area contributed by atoms with E-state index in [4.69, 9.17) is 44.0 Å². The van der Waals surface area contributed by atoms with Gasteiger partial charge in [0.25, 0.3) is 5.95 Å². The fourth-order valence-corrected chi connectivity index (χ4v) is 3.55. The summed E-state index contributed by atoms with van der Waals surface area (Å²) in [6, 6.07) is 1.49. The molecule has 1 heterocycles. The number of carboxylic acid groups (broad SMARTS) is 1. The van der Waals surface area contributed by atoms with Crippen LogP contribution in [-0.4, -0.2) is 21.5 Å².